The maximum atomic E-state index is 12.3. The van der Waals surface area contributed by atoms with Gasteiger partial charge in [-0.15, -0.1) is 0 Å². The molecule has 0 heterocycles. The molecule has 0 spiro atoms. The molecule has 0 radical (unpaired) electrons. The van der Waals surface area contributed by atoms with Crippen molar-refractivity contribution in [1.29, 1.82) is 0 Å². The van der Waals surface area contributed by atoms with Crippen LogP contribution in [0.25, 0.3) is 0 Å². The first kappa shape index (κ1) is 15.2. The van der Waals surface area contributed by atoms with Gasteiger partial charge in [-0.2, -0.15) is 0 Å². The summed E-state index contributed by atoms with van der Waals surface area (Å²) in [4.78, 5) is 0.209. The third kappa shape index (κ3) is 3.06. The predicted molar refractivity (Wildman–Crippen MR) is 84.7 cm³/mol. The van der Waals surface area contributed by atoms with Gasteiger partial charge in [-0.3, -0.25) is 0 Å². The van der Waals surface area contributed by atoms with Gasteiger partial charge in [-0.1, -0.05) is 48.5 Å². The van der Waals surface area contributed by atoms with Crippen LogP contribution in [0.3, 0.4) is 0 Å². The Balaban J connectivity index is 1.81. The Hall–Kier alpha value is -1.69. The number of rotatable bonds is 6. The molecule has 5 heteroatoms. The molecule has 1 unspecified atom stereocenters. The van der Waals surface area contributed by atoms with E-state index in [-0.39, 0.29) is 17.4 Å². The third-order valence-corrected chi connectivity index (χ3v) is 5.53. The number of benzene rings is 2. The predicted octanol–water partition coefficient (Wildman–Crippen LogP) is 2.26. The van der Waals surface area contributed by atoms with Gasteiger partial charge in [0.25, 0.3) is 0 Å². The molecular formula is C17H19NO3S. The summed E-state index contributed by atoms with van der Waals surface area (Å²) < 4.78 is 27.2. The van der Waals surface area contributed by atoms with Gasteiger partial charge in [-0.05, 0) is 36.5 Å². The van der Waals surface area contributed by atoms with Gasteiger partial charge in [0, 0.05) is 6.54 Å². The molecule has 1 fully saturated rings. The van der Waals surface area contributed by atoms with Crippen LogP contribution in [0, 0.1) is 5.92 Å². The zero-order chi connectivity index (χ0) is 15.6. The number of aliphatic hydroxyl groups is 1. The van der Waals surface area contributed by atoms with Gasteiger partial charge >= 0.3 is 0 Å². The quantitative estimate of drug-likeness (QED) is 0.859. The number of sulfonamides is 1. The number of nitrogens with one attached hydrogen (secondary N) is 1. The summed E-state index contributed by atoms with van der Waals surface area (Å²) in [5, 5.41) is 11.0. The first-order valence-electron chi connectivity index (χ1n) is 7.35. The highest BCUT2D eigenvalue weighted by Crippen LogP contribution is 2.45. The number of hydrogen-bond acceptors (Lipinski definition) is 3. The van der Waals surface area contributed by atoms with E-state index >= 15 is 0 Å². The van der Waals surface area contributed by atoms with E-state index < -0.39 is 15.6 Å². The molecule has 116 valence electrons. The monoisotopic (exact) mass is 317 g/mol. The zero-order valence-electron chi connectivity index (χ0n) is 12.1. The van der Waals surface area contributed by atoms with Crippen LogP contribution >= 0.6 is 0 Å². The summed E-state index contributed by atoms with van der Waals surface area (Å²) in [5.41, 5.74) is -0.392. The molecule has 2 aromatic rings. The van der Waals surface area contributed by atoms with E-state index in [1.807, 2.05) is 30.3 Å². The van der Waals surface area contributed by atoms with Gasteiger partial charge in [0.2, 0.25) is 10.0 Å². The molecule has 0 bridgehead atoms. The van der Waals surface area contributed by atoms with Crippen LogP contribution in [0.2, 0.25) is 0 Å². The SMILES string of the molecule is O=S(=O)(NCC(O)(c1ccccc1)C1CC1)c1ccccc1. The maximum absolute atomic E-state index is 12.3. The third-order valence-electron chi connectivity index (χ3n) is 4.11. The Morgan fingerprint density at radius 2 is 1.55 bits per heavy atom. The molecular weight excluding hydrogens is 298 g/mol. The first-order chi connectivity index (χ1) is 10.5. The fourth-order valence-corrected chi connectivity index (χ4v) is 3.75. The van der Waals surface area contributed by atoms with Crippen molar-refractivity contribution in [1.82, 2.24) is 4.72 Å². The standard InChI is InChI=1S/C17H19NO3S/c19-17(15-11-12-15,14-7-3-1-4-8-14)13-18-22(20,21)16-9-5-2-6-10-16/h1-10,15,18-19H,11-13H2. The van der Waals surface area contributed by atoms with Crippen molar-refractivity contribution in [2.24, 2.45) is 5.92 Å². The zero-order valence-corrected chi connectivity index (χ0v) is 13.0. The second-order valence-corrected chi connectivity index (χ2v) is 7.47. The van der Waals surface area contributed by atoms with Crippen molar-refractivity contribution >= 4 is 10.0 Å². The Bertz CT molecular complexity index is 727. The van der Waals surface area contributed by atoms with Crippen LogP contribution in [0.4, 0.5) is 0 Å². The van der Waals surface area contributed by atoms with Crippen LogP contribution < -0.4 is 4.72 Å². The van der Waals surface area contributed by atoms with Gasteiger partial charge in [0.15, 0.2) is 0 Å². The summed E-state index contributed by atoms with van der Waals surface area (Å²) in [7, 11) is -3.62. The van der Waals surface area contributed by atoms with E-state index in [1.165, 1.54) is 0 Å². The fourth-order valence-electron chi connectivity index (χ4n) is 2.66. The van der Waals surface area contributed by atoms with Gasteiger partial charge in [-0.25, -0.2) is 13.1 Å². The largest absolute Gasteiger partial charge is 0.383 e. The van der Waals surface area contributed by atoms with Crippen LogP contribution in [0.5, 0.6) is 0 Å². The fraction of sp³-hybridized carbons (Fsp3) is 0.294. The smallest absolute Gasteiger partial charge is 0.240 e. The Morgan fingerprint density at radius 3 is 2.09 bits per heavy atom. The van der Waals surface area contributed by atoms with E-state index in [0.717, 1.165) is 18.4 Å². The Kier molecular flexibility index (Phi) is 4.04. The van der Waals surface area contributed by atoms with Gasteiger partial charge in [0.1, 0.15) is 5.60 Å². The summed E-state index contributed by atoms with van der Waals surface area (Å²) in [6, 6.07) is 17.5. The second-order valence-electron chi connectivity index (χ2n) is 5.70. The molecule has 1 aliphatic carbocycles. The van der Waals surface area contributed by atoms with E-state index in [4.69, 9.17) is 0 Å². The Labute approximate surface area is 130 Å². The molecule has 0 aromatic heterocycles. The lowest BCUT2D eigenvalue weighted by molar-refractivity contribution is 0.0185. The van der Waals surface area contributed by atoms with E-state index in [1.54, 1.807) is 30.3 Å². The van der Waals surface area contributed by atoms with Crippen molar-refractivity contribution < 1.29 is 13.5 Å². The van der Waals surface area contributed by atoms with Crippen molar-refractivity contribution in [3.63, 3.8) is 0 Å². The van der Waals surface area contributed by atoms with Crippen LogP contribution in [0.15, 0.2) is 65.6 Å². The molecule has 0 amide bonds. The normalized spacial score (nSPS) is 17.9. The van der Waals surface area contributed by atoms with Crippen LogP contribution in [-0.4, -0.2) is 20.1 Å². The van der Waals surface area contributed by atoms with Crippen molar-refractivity contribution in [3.8, 4) is 0 Å². The molecule has 0 saturated heterocycles. The summed E-state index contributed by atoms with van der Waals surface area (Å²) >= 11 is 0. The second kappa shape index (κ2) is 5.83. The lowest BCUT2D eigenvalue weighted by atomic mass is 9.89. The molecule has 1 saturated carbocycles. The molecule has 2 aromatic carbocycles. The molecule has 2 N–H and O–H groups in total. The average Bonchev–Trinajstić information content (AvgIpc) is 3.40. The lowest BCUT2D eigenvalue weighted by Gasteiger charge is -2.29. The van der Waals surface area contributed by atoms with Gasteiger partial charge in [0.05, 0.1) is 4.90 Å². The highest BCUT2D eigenvalue weighted by atomic mass is 32.2. The summed E-state index contributed by atoms with van der Waals surface area (Å²) in [6.45, 7) is -0.0150. The topological polar surface area (TPSA) is 66.4 Å². The maximum Gasteiger partial charge on any atom is 0.240 e. The number of hydrogen-bond donors (Lipinski definition) is 2. The lowest BCUT2D eigenvalue weighted by Crippen LogP contribution is -2.42. The molecule has 1 aliphatic rings. The highest BCUT2D eigenvalue weighted by Gasteiger charge is 2.45. The molecule has 0 aliphatic heterocycles. The van der Waals surface area contributed by atoms with E-state index in [2.05, 4.69) is 4.72 Å². The van der Waals surface area contributed by atoms with Gasteiger partial charge < -0.3 is 5.11 Å². The highest BCUT2D eigenvalue weighted by molar-refractivity contribution is 7.89. The van der Waals surface area contributed by atoms with E-state index in [9.17, 15) is 13.5 Å². The van der Waals surface area contributed by atoms with Crippen molar-refractivity contribution in [2.45, 2.75) is 23.3 Å². The van der Waals surface area contributed by atoms with Crippen molar-refractivity contribution in [3.05, 3.63) is 66.2 Å². The summed E-state index contributed by atoms with van der Waals surface area (Å²) in [5.74, 6) is 0.105. The minimum absolute atomic E-state index is 0.0150. The summed E-state index contributed by atoms with van der Waals surface area (Å²) in [6.07, 6.45) is 1.83. The van der Waals surface area contributed by atoms with E-state index in [0.29, 0.717) is 0 Å². The van der Waals surface area contributed by atoms with Crippen molar-refractivity contribution in [2.75, 3.05) is 6.54 Å². The minimum Gasteiger partial charge on any atom is -0.383 e. The minimum atomic E-state index is -3.62. The average molecular weight is 317 g/mol. The molecule has 22 heavy (non-hydrogen) atoms. The molecule has 3 rings (SSSR count). The molecule has 4 nitrogen and oxygen atoms in total. The molecule has 1 atom stereocenters. The Morgan fingerprint density at radius 1 is 1.00 bits per heavy atom. The first-order valence-corrected chi connectivity index (χ1v) is 8.83. The van der Waals surface area contributed by atoms with Crippen LogP contribution in [-0.2, 0) is 15.6 Å². The van der Waals surface area contributed by atoms with Crippen LogP contribution in [0.1, 0.15) is 18.4 Å².